The average molecular weight is 350 g/mol. The van der Waals surface area contributed by atoms with Crippen LogP contribution in [-0.4, -0.2) is 29.7 Å². The Hall–Kier alpha value is -3.07. The minimum Gasteiger partial charge on any atom is -0.480 e. The van der Waals surface area contributed by atoms with E-state index in [0.717, 1.165) is 10.9 Å². The zero-order chi connectivity index (χ0) is 19.0. The lowest BCUT2D eigenvalue weighted by molar-refractivity contribution is -0.138. The van der Waals surface area contributed by atoms with Gasteiger partial charge in [0.2, 0.25) is 0 Å². The molecule has 0 aliphatic heterocycles. The van der Waals surface area contributed by atoms with Crippen LogP contribution >= 0.6 is 0 Å². The Balaban J connectivity index is 0.000000252. The zero-order valence-electron chi connectivity index (χ0n) is 13.8. The van der Waals surface area contributed by atoms with E-state index in [1.165, 1.54) is 6.07 Å². The third-order valence-corrected chi connectivity index (χ3v) is 3.28. The second kappa shape index (κ2) is 9.28. The number of amides is 2. The number of fused-ring (bicyclic) bond motifs is 1. The predicted molar refractivity (Wildman–Crippen MR) is 94.1 cm³/mol. The number of urea groups is 1. The summed E-state index contributed by atoms with van der Waals surface area (Å²) in [6.45, 7) is 2.23. The molecule has 0 saturated carbocycles. The SMILES string of the molecule is Cc1cc(=O)oc2cc(N)ccc12.NC(=O)NCCCC(N)C(=O)O. The van der Waals surface area contributed by atoms with Crippen LogP contribution in [0.25, 0.3) is 11.0 Å². The number of primary amides is 1. The van der Waals surface area contributed by atoms with Crippen molar-refractivity contribution in [3.63, 3.8) is 0 Å². The van der Waals surface area contributed by atoms with Gasteiger partial charge in [0.1, 0.15) is 11.6 Å². The van der Waals surface area contributed by atoms with Crippen LogP contribution in [0.4, 0.5) is 10.5 Å². The second-order valence-electron chi connectivity index (χ2n) is 5.38. The van der Waals surface area contributed by atoms with Crippen LogP contribution in [0, 0.1) is 6.92 Å². The van der Waals surface area contributed by atoms with Crippen molar-refractivity contribution in [3.8, 4) is 0 Å². The van der Waals surface area contributed by atoms with Crippen LogP contribution in [0.2, 0.25) is 0 Å². The lowest BCUT2D eigenvalue weighted by Gasteiger charge is -2.05. The van der Waals surface area contributed by atoms with Crippen LogP contribution in [0.5, 0.6) is 0 Å². The average Bonchev–Trinajstić information content (AvgIpc) is 2.50. The molecular weight excluding hydrogens is 328 g/mol. The molecule has 2 aromatic rings. The van der Waals surface area contributed by atoms with Gasteiger partial charge < -0.3 is 32.0 Å². The highest BCUT2D eigenvalue weighted by molar-refractivity contribution is 5.82. The van der Waals surface area contributed by atoms with Gasteiger partial charge in [-0.1, -0.05) is 0 Å². The fraction of sp³-hybridized carbons (Fsp3) is 0.312. The maximum Gasteiger partial charge on any atom is 0.336 e. The summed E-state index contributed by atoms with van der Waals surface area (Å²) in [7, 11) is 0. The maximum atomic E-state index is 11.0. The molecule has 1 aromatic carbocycles. The molecule has 25 heavy (non-hydrogen) atoms. The first-order chi connectivity index (χ1) is 11.7. The van der Waals surface area contributed by atoms with Crippen molar-refractivity contribution in [1.82, 2.24) is 5.32 Å². The first-order valence-corrected chi connectivity index (χ1v) is 7.52. The number of aryl methyl sites for hydroxylation is 1. The van der Waals surface area contributed by atoms with Gasteiger partial charge in [0, 0.05) is 29.8 Å². The molecule has 9 heteroatoms. The van der Waals surface area contributed by atoms with E-state index in [2.05, 4.69) is 5.32 Å². The minimum absolute atomic E-state index is 0.329. The molecule has 8 N–H and O–H groups in total. The largest absolute Gasteiger partial charge is 0.480 e. The van der Waals surface area contributed by atoms with Gasteiger partial charge in [-0.2, -0.15) is 0 Å². The quantitative estimate of drug-likeness (QED) is 0.297. The first-order valence-electron chi connectivity index (χ1n) is 7.52. The van der Waals surface area contributed by atoms with Gasteiger partial charge in [-0.15, -0.1) is 0 Å². The third kappa shape index (κ3) is 6.92. The Bertz CT molecular complexity index is 803. The molecule has 0 bridgehead atoms. The smallest absolute Gasteiger partial charge is 0.336 e. The number of carboxylic acid groups (broad SMARTS) is 1. The molecule has 136 valence electrons. The van der Waals surface area contributed by atoms with Gasteiger partial charge in [0.05, 0.1) is 0 Å². The molecule has 0 fully saturated rings. The number of hydrogen-bond donors (Lipinski definition) is 5. The molecule has 0 radical (unpaired) electrons. The highest BCUT2D eigenvalue weighted by atomic mass is 16.4. The molecule has 1 aromatic heterocycles. The molecule has 1 heterocycles. The minimum atomic E-state index is -1.03. The van der Waals surface area contributed by atoms with E-state index in [1.807, 2.05) is 13.0 Å². The summed E-state index contributed by atoms with van der Waals surface area (Å²) in [5, 5.41) is 11.6. The molecule has 9 nitrogen and oxygen atoms in total. The van der Waals surface area contributed by atoms with Crippen molar-refractivity contribution in [2.75, 3.05) is 12.3 Å². The first kappa shape index (κ1) is 20.0. The van der Waals surface area contributed by atoms with Crippen LogP contribution in [0.15, 0.2) is 33.5 Å². The summed E-state index contributed by atoms with van der Waals surface area (Å²) in [5.41, 5.74) is 17.2. The summed E-state index contributed by atoms with van der Waals surface area (Å²) in [6.07, 6.45) is 0.839. The van der Waals surface area contributed by atoms with Crippen LogP contribution in [0.1, 0.15) is 18.4 Å². The van der Waals surface area contributed by atoms with E-state index >= 15 is 0 Å². The molecule has 0 aliphatic carbocycles. The number of carboxylic acids is 1. The topological polar surface area (TPSA) is 175 Å². The zero-order valence-corrected chi connectivity index (χ0v) is 13.8. The molecule has 2 rings (SSSR count). The van der Waals surface area contributed by atoms with Crippen molar-refractivity contribution in [3.05, 3.63) is 40.2 Å². The number of anilines is 1. The Morgan fingerprint density at radius 3 is 2.60 bits per heavy atom. The molecule has 0 saturated heterocycles. The molecule has 0 spiro atoms. The van der Waals surface area contributed by atoms with E-state index in [0.29, 0.717) is 30.7 Å². The Kier molecular flexibility index (Phi) is 7.42. The molecule has 1 atom stereocenters. The number of carbonyl (C=O) groups is 2. The molecular formula is C16H22N4O5. The van der Waals surface area contributed by atoms with Crippen molar-refractivity contribution in [1.29, 1.82) is 0 Å². The van der Waals surface area contributed by atoms with Gasteiger partial charge in [-0.3, -0.25) is 4.79 Å². The molecule has 2 amide bonds. The van der Waals surface area contributed by atoms with E-state index < -0.39 is 18.0 Å². The third-order valence-electron chi connectivity index (χ3n) is 3.28. The summed E-state index contributed by atoms with van der Waals surface area (Å²) in [5.74, 6) is -1.03. The number of nitrogens with one attached hydrogen (secondary N) is 1. The van der Waals surface area contributed by atoms with Gasteiger partial charge in [0.25, 0.3) is 0 Å². The Labute approximate surface area is 143 Å². The van der Waals surface area contributed by atoms with Gasteiger partial charge in [-0.25, -0.2) is 9.59 Å². The maximum absolute atomic E-state index is 11.0. The number of aliphatic carboxylic acids is 1. The molecule has 1 unspecified atom stereocenters. The number of hydrogen-bond acceptors (Lipinski definition) is 6. The second-order valence-corrected chi connectivity index (χ2v) is 5.38. The van der Waals surface area contributed by atoms with E-state index in [-0.39, 0.29) is 5.63 Å². The monoisotopic (exact) mass is 350 g/mol. The van der Waals surface area contributed by atoms with Crippen molar-refractivity contribution in [2.45, 2.75) is 25.8 Å². The van der Waals surface area contributed by atoms with Crippen molar-refractivity contribution in [2.24, 2.45) is 11.5 Å². The number of nitrogens with two attached hydrogens (primary N) is 3. The van der Waals surface area contributed by atoms with Gasteiger partial charge in [0.15, 0.2) is 0 Å². The number of benzene rings is 1. The highest BCUT2D eigenvalue weighted by Gasteiger charge is 2.09. The lowest BCUT2D eigenvalue weighted by Crippen LogP contribution is -2.33. The summed E-state index contributed by atoms with van der Waals surface area (Å²) in [6, 6.07) is 5.29. The highest BCUT2D eigenvalue weighted by Crippen LogP contribution is 2.18. The van der Waals surface area contributed by atoms with Crippen LogP contribution in [-0.2, 0) is 4.79 Å². The van der Waals surface area contributed by atoms with E-state index in [4.69, 9.17) is 26.7 Å². The Morgan fingerprint density at radius 2 is 2.00 bits per heavy atom. The molecule has 0 aliphatic rings. The van der Waals surface area contributed by atoms with Gasteiger partial charge >= 0.3 is 17.6 Å². The summed E-state index contributed by atoms with van der Waals surface area (Å²) >= 11 is 0. The van der Waals surface area contributed by atoms with E-state index in [9.17, 15) is 14.4 Å². The fourth-order valence-corrected chi connectivity index (χ4v) is 2.00. The Morgan fingerprint density at radius 1 is 1.32 bits per heavy atom. The lowest BCUT2D eigenvalue weighted by atomic mass is 10.1. The standard InChI is InChI=1S/C10H9NO2.C6H13N3O3/c1-6-4-10(12)13-9-5-7(11)2-3-8(6)9;7-4(5(10)11)2-1-3-9-6(8)12/h2-5H,11H2,1H3;4H,1-3,7H2,(H,10,11)(H3,8,9,12). The summed E-state index contributed by atoms with van der Waals surface area (Å²) < 4.78 is 4.99. The normalized spacial score (nSPS) is 11.3. The number of carbonyl (C=O) groups excluding carboxylic acids is 1. The van der Waals surface area contributed by atoms with Crippen LogP contribution in [0.3, 0.4) is 0 Å². The summed E-state index contributed by atoms with van der Waals surface area (Å²) in [4.78, 5) is 31.3. The fourth-order valence-electron chi connectivity index (χ4n) is 2.00. The van der Waals surface area contributed by atoms with Gasteiger partial charge in [-0.05, 0) is 37.5 Å². The number of nitrogen functional groups attached to an aromatic ring is 1. The predicted octanol–water partition coefficient (Wildman–Crippen LogP) is 0.530. The van der Waals surface area contributed by atoms with E-state index in [1.54, 1.807) is 12.1 Å². The number of rotatable bonds is 5. The van der Waals surface area contributed by atoms with Crippen molar-refractivity contribution >= 4 is 28.7 Å². The van der Waals surface area contributed by atoms with Crippen molar-refractivity contribution < 1.29 is 19.1 Å². The van der Waals surface area contributed by atoms with Crippen LogP contribution < -0.4 is 28.1 Å².